The molecule has 5 heteroatoms. The average molecular weight is 222 g/mol. The molecular weight excluding hydrogens is 208 g/mol. The minimum atomic E-state index is -0.979. The second-order valence-corrected chi connectivity index (χ2v) is 4.03. The number of anilines is 1. The maximum absolute atomic E-state index is 10.7. The largest absolute Gasteiger partial charge is 0.508 e. The molecule has 0 amide bonds. The lowest BCUT2D eigenvalue weighted by Gasteiger charge is -2.13. The van der Waals surface area contributed by atoms with E-state index in [-0.39, 0.29) is 11.7 Å². The van der Waals surface area contributed by atoms with Gasteiger partial charge in [-0.1, -0.05) is 6.07 Å². The number of hydrogen-bond donors (Lipinski definition) is 4. The molecule has 0 saturated heterocycles. The lowest BCUT2D eigenvalue weighted by molar-refractivity contribution is -0.138. The van der Waals surface area contributed by atoms with Crippen molar-refractivity contribution < 1.29 is 15.0 Å². The minimum absolute atomic E-state index is 0.0988. The molecule has 0 bridgehead atoms. The number of carboxylic acids is 1. The fourth-order valence-corrected chi connectivity index (χ4v) is 2.01. The van der Waals surface area contributed by atoms with Crippen LogP contribution in [0, 0.1) is 0 Å². The Morgan fingerprint density at radius 3 is 3.06 bits per heavy atom. The van der Waals surface area contributed by atoms with Crippen LogP contribution in [0.25, 0.3) is 0 Å². The summed E-state index contributed by atoms with van der Waals surface area (Å²) in [5.41, 5.74) is 7.39. The third kappa shape index (κ3) is 1.94. The van der Waals surface area contributed by atoms with Crippen molar-refractivity contribution in [3.63, 3.8) is 0 Å². The van der Waals surface area contributed by atoms with Crippen molar-refractivity contribution >= 4 is 11.7 Å². The monoisotopic (exact) mass is 222 g/mol. The van der Waals surface area contributed by atoms with Crippen LogP contribution < -0.4 is 11.1 Å². The van der Waals surface area contributed by atoms with Crippen LogP contribution in [0.1, 0.15) is 17.9 Å². The van der Waals surface area contributed by atoms with Crippen molar-refractivity contribution in [1.82, 2.24) is 0 Å². The summed E-state index contributed by atoms with van der Waals surface area (Å²) in [4.78, 5) is 10.7. The van der Waals surface area contributed by atoms with Gasteiger partial charge in [-0.15, -0.1) is 0 Å². The molecule has 1 aliphatic rings. The number of nitrogens with one attached hydrogen (secondary N) is 1. The summed E-state index contributed by atoms with van der Waals surface area (Å²) >= 11 is 0. The Bertz CT molecular complexity index is 420. The van der Waals surface area contributed by atoms with Crippen LogP contribution in [0.3, 0.4) is 0 Å². The Morgan fingerprint density at radius 2 is 2.38 bits per heavy atom. The number of aromatic hydroxyl groups is 1. The maximum Gasteiger partial charge on any atom is 0.320 e. The number of phenolic OH excluding ortho intramolecular Hbond substituents is 1. The van der Waals surface area contributed by atoms with Gasteiger partial charge in [-0.2, -0.15) is 0 Å². The van der Waals surface area contributed by atoms with Crippen molar-refractivity contribution in [1.29, 1.82) is 0 Å². The molecule has 0 spiro atoms. The molecular formula is C11H14N2O3. The van der Waals surface area contributed by atoms with Crippen molar-refractivity contribution in [2.75, 3.05) is 11.9 Å². The molecule has 16 heavy (non-hydrogen) atoms. The molecule has 86 valence electrons. The molecule has 1 heterocycles. The van der Waals surface area contributed by atoms with Gasteiger partial charge in [0.2, 0.25) is 0 Å². The zero-order valence-corrected chi connectivity index (χ0v) is 8.68. The molecule has 5 nitrogen and oxygen atoms in total. The second kappa shape index (κ2) is 4.02. The van der Waals surface area contributed by atoms with E-state index in [0.717, 1.165) is 11.3 Å². The van der Waals surface area contributed by atoms with Gasteiger partial charge in [0.25, 0.3) is 0 Å². The zero-order chi connectivity index (χ0) is 11.7. The SMILES string of the molecule is NC(CC1CNc2cc(O)ccc21)C(=O)O. The maximum atomic E-state index is 10.7. The summed E-state index contributed by atoms with van der Waals surface area (Å²) in [5, 5.41) is 21.2. The highest BCUT2D eigenvalue weighted by molar-refractivity contribution is 5.73. The predicted molar refractivity (Wildman–Crippen MR) is 59.6 cm³/mol. The normalized spacial score (nSPS) is 19.9. The molecule has 0 aromatic heterocycles. The summed E-state index contributed by atoms with van der Waals surface area (Å²) in [6.07, 6.45) is 0.403. The van der Waals surface area contributed by atoms with E-state index in [1.807, 2.05) is 6.07 Å². The third-order valence-electron chi connectivity index (χ3n) is 2.87. The fourth-order valence-electron chi connectivity index (χ4n) is 2.01. The van der Waals surface area contributed by atoms with Crippen molar-refractivity contribution in [3.8, 4) is 5.75 Å². The Hall–Kier alpha value is -1.75. The number of benzene rings is 1. The van der Waals surface area contributed by atoms with E-state index in [1.165, 1.54) is 0 Å². The Kier molecular flexibility index (Phi) is 2.70. The van der Waals surface area contributed by atoms with Crippen LogP contribution in [0.2, 0.25) is 0 Å². The second-order valence-electron chi connectivity index (χ2n) is 4.03. The molecule has 0 aliphatic carbocycles. The highest BCUT2D eigenvalue weighted by Crippen LogP contribution is 2.36. The van der Waals surface area contributed by atoms with Crippen molar-refractivity contribution in [2.45, 2.75) is 18.4 Å². The first kappa shape index (κ1) is 10.8. The van der Waals surface area contributed by atoms with Crippen LogP contribution in [0.15, 0.2) is 18.2 Å². The zero-order valence-electron chi connectivity index (χ0n) is 8.68. The highest BCUT2D eigenvalue weighted by atomic mass is 16.4. The molecule has 2 atom stereocenters. The first-order chi connectivity index (χ1) is 7.58. The van der Waals surface area contributed by atoms with Gasteiger partial charge < -0.3 is 21.3 Å². The Balaban J connectivity index is 2.15. The molecule has 5 N–H and O–H groups in total. The molecule has 2 unspecified atom stereocenters. The van der Waals surface area contributed by atoms with E-state index in [2.05, 4.69) is 5.32 Å². The number of nitrogens with two attached hydrogens (primary N) is 1. The quantitative estimate of drug-likeness (QED) is 0.604. The van der Waals surface area contributed by atoms with Gasteiger partial charge in [0.15, 0.2) is 0 Å². The summed E-state index contributed by atoms with van der Waals surface area (Å²) in [6.45, 7) is 0.666. The fraction of sp³-hybridized carbons (Fsp3) is 0.364. The third-order valence-corrected chi connectivity index (χ3v) is 2.87. The summed E-state index contributed by atoms with van der Waals surface area (Å²) in [7, 11) is 0. The van der Waals surface area contributed by atoms with Gasteiger partial charge >= 0.3 is 5.97 Å². The number of carboxylic acid groups (broad SMARTS) is 1. The molecule has 2 rings (SSSR count). The standard InChI is InChI=1S/C11H14N2O3/c12-9(11(15)16)3-6-5-13-10-4-7(14)1-2-8(6)10/h1-2,4,6,9,13-14H,3,5,12H2,(H,15,16). The van der Waals surface area contributed by atoms with Crippen molar-refractivity contribution in [2.24, 2.45) is 5.73 Å². The van der Waals surface area contributed by atoms with Crippen LogP contribution in [-0.4, -0.2) is 28.8 Å². The topological polar surface area (TPSA) is 95.6 Å². The first-order valence-corrected chi connectivity index (χ1v) is 5.13. The number of fused-ring (bicyclic) bond motifs is 1. The van der Waals surface area contributed by atoms with Gasteiger partial charge in [0, 0.05) is 24.2 Å². The number of carbonyl (C=O) groups is 1. The van der Waals surface area contributed by atoms with Gasteiger partial charge in [-0.25, -0.2) is 0 Å². The minimum Gasteiger partial charge on any atom is -0.508 e. The predicted octanol–water partition coefficient (Wildman–Crippen LogP) is 0.703. The van der Waals surface area contributed by atoms with Gasteiger partial charge in [0.05, 0.1) is 0 Å². The van der Waals surface area contributed by atoms with Crippen LogP contribution in [0.5, 0.6) is 5.75 Å². The van der Waals surface area contributed by atoms with E-state index in [4.69, 9.17) is 10.8 Å². The first-order valence-electron chi connectivity index (χ1n) is 5.13. The Morgan fingerprint density at radius 1 is 1.62 bits per heavy atom. The summed E-state index contributed by atoms with van der Waals surface area (Å²) in [5.74, 6) is -0.677. The number of rotatable bonds is 3. The lowest BCUT2D eigenvalue weighted by atomic mass is 9.94. The van der Waals surface area contributed by atoms with Gasteiger partial charge in [0.1, 0.15) is 11.8 Å². The van der Waals surface area contributed by atoms with Crippen LogP contribution in [0.4, 0.5) is 5.69 Å². The van der Waals surface area contributed by atoms with Crippen molar-refractivity contribution in [3.05, 3.63) is 23.8 Å². The molecule has 1 aromatic carbocycles. The number of aliphatic carboxylic acids is 1. The number of hydrogen-bond acceptors (Lipinski definition) is 4. The summed E-state index contributed by atoms with van der Waals surface area (Å²) < 4.78 is 0. The van der Waals surface area contributed by atoms with E-state index in [0.29, 0.717) is 13.0 Å². The highest BCUT2D eigenvalue weighted by Gasteiger charge is 2.26. The smallest absolute Gasteiger partial charge is 0.320 e. The van der Waals surface area contributed by atoms with Gasteiger partial charge in [-0.05, 0) is 18.1 Å². The molecule has 1 aromatic rings. The van der Waals surface area contributed by atoms with Crippen LogP contribution in [-0.2, 0) is 4.79 Å². The molecule has 0 saturated carbocycles. The number of phenols is 1. The average Bonchev–Trinajstić information content (AvgIpc) is 2.60. The molecule has 0 fully saturated rings. The summed E-state index contributed by atoms with van der Waals surface area (Å²) in [6, 6.07) is 4.21. The lowest BCUT2D eigenvalue weighted by Crippen LogP contribution is -2.32. The molecule has 1 aliphatic heterocycles. The van der Waals surface area contributed by atoms with Crippen LogP contribution >= 0.6 is 0 Å². The molecule has 0 radical (unpaired) electrons. The van der Waals surface area contributed by atoms with E-state index < -0.39 is 12.0 Å². The van der Waals surface area contributed by atoms with E-state index in [1.54, 1.807) is 12.1 Å². The van der Waals surface area contributed by atoms with E-state index >= 15 is 0 Å². The van der Waals surface area contributed by atoms with Gasteiger partial charge in [-0.3, -0.25) is 4.79 Å². The van der Waals surface area contributed by atoms with E-state index in [9.17, 15) is 9.90 Å². The Labute approximate surface area is 92.9 Å².